The summed E-state index contributed by atoms with van der Waals surface area (Å²) in [5, 5.41) is 0.00632. The Bertz CT molecular complexity index is 588. The summed E-state index contributed by atoms with van der Waals surface area (Å²) in [6.07, 6.45) is 6.53. The van der Waals surface area contributed by atoms with Gasteiger partial charge in [-0.2, -0.15) is 0 Å². The number of hydrogen-bond acceptors (Lipinski definition) is 1. The van der Waals surface area contributed by atoms with Crippen LogP contribution < -0.4 is 0 Å². The molecular weight excluding hydrogens is 284 g/mol. The molecule has 2 heteroatoms. The summed E-state index contributed by atoms with van der Waals surface area (Å²) >= 11 is 8.71. The molecule has 0 bridgehead atoms. The Kier molecular flexibility index (Phi) is 4.18. The van der Waals surface area contributed by atoms with Crippen molar-refractivity contribution in [3.05, 3.63) is 56.3 Å². The molecule has 0 spiro atoms. The summed E-state index contributed by atoms with van der Waals surface area (Å²) in [6, 6.07) is 8.94. The monoisotopic (exact) mass is 304 g/mol. The first-order valence-electron chi connectivity index (χ1n) is 7.48. The van der Waals surface area contributed by atoms with Gasteiger partial charge in [0.05, 0.1) is 5.38 Å². The van der Waals surface area contributed by atoms with Crippen LogP contribution in [-0.2, 0) is 12.8 Å². The molecule has 1 aliphatic rings. The van der Waals surface area contributed by atoms with E-state index in [4.69, 9.17) is 11.6 Å². The largest absolute Gasteiger partial charge is 0.143 e. The van der Waals surface area contributed by atoms with Crippen LogP contribution in [0.3, 0.4) is 0 Å². The topological polar surface area (TPSA) is 0 Å². The van der Waals surface area contributed by atoms with Gasteiger partial charge in [-0.15, -0.1) is 22.9 Å². The molecule has 2 aromatic rings. The Morgan fingerprint density at radius 2 is 1.85 bits per heavy atom. The molecule has 1 heterocycles. The second-order valence-corrected chi connectivity index (χ2v) is 7.49. The van der Waals surface area contributed by atoms with Crippen LogP contribution >= 0.6 is 22.9 Å². The molecule has 0 fully saturated rings. The molecule has 1 unspecified atom stereocenters. The zero-order chi connectivity index (χ0) is 14.1. The van der Waals surface area contributed by atoms with Gasteiger partial charge in [-0.1, -0.05) is 30.2 Å². The summed E-state index contributed by atoms with van der Waals surface area (Å²) in [6.45, 7) is 4.29. The second-order valence-electron chi connectivity index (χ2n) is 5.88. The van der Waals surface area contributed by atoms with Crippen molar-refractivity contribution >= 4 is 22.9 Å². The average molecular weight is 305 g/mol. The first kappa shape index (κ1) is 14.2. The molecule has 1 aromatic carbocycles. The minimum absolute atomic E-state index is 0.00632. The molecule has 0 aliphatic heterocycles. The quantitative estimate of drug-likeness (QED) is 0.474. The van der Waals surface area contributed by atoms with Crippen molar-refractivity contribution in [2.75, 3.05) is 0 Å². The van der Waals surface area contributed by atoms with E-state index in [1.165, 1.54) is 53.7 Å². The van der Waals surface area contributed by atoms with Crippen molar-refractivity contribution in [1.82, 2.24) is 0 Å². The highest BCUT2D eigenvalue weighted by atomic mass is 35.5. The lowest BCUT2D eigenvalue weighted by molar-refractivity contribution is 0.712. The molecular formula is C18H21ClS. The maximum atomic E-state index is 6.78. The molecule has 0 N–H and O–H groups in total. The summed E-state index contributed by atoms with van der Waals surface area (Å²) in [5.41, 5.74) is 5.40. The Morgan fingerprint density at radius 3 is 2.70 bits per heavy atom. The van der Waals surface area contributed by atoms with Gasteiger partial charge in [0.25, 0.3) is 0 Å². The number of thiophene rings is 1. The van der Waals surface area contributed by atoms with Crippen molar-refractivity contribution in [3.63, 3.8) is 0 Å². The van der Waals surface area contributed by atoms with Crippen molar-refractivity contribution < 1.29 is 0 Å². The van der Waals surface area contributed by atoms with Gasteiger partial charge in [-0.05, 0) is 62.3 Å². The van der Waals surface area contributed by atoms with E-state index in [2.05, 4.69) is 38.1 Å². The third-order valence-electron chi connectivity index (χ3n) is 4.22. The van der Waals surface area contributed by atoms with Crippen LogP contribution in [-0.4, -0.2) is 0 Å². The maximum absolute atomic E-state index is 6.78. The molecule has 0 radical (unpaired) electrons. The standard InChI is InChI=1S/C18H21ClS/c1-12-8-9-13(2)15(10-12)18(19)17-11-14-6-4-3-5-7-16(14)20-17/h8-11,18H,3-7H2,1-2H3. The lowest BCUT2D eigenvalue weighted by Crippen LogP contribution is -1.95. The predicted octanol–water partition coefficient (Wildman–Crippen LogP) is 5.96. The molecule has 1 aromatic heterocycles. The predicted molar refractivity (Wildman–Crippen MR) is 89.2 cm³/mol. The SMILES string of the molecule is Cc1ccc(C)c(C(Cl)c2cc3c(s2)CCCCC3)c1. The first-order valence-corrected chi connectivity index (χ1v) is 8.73. The molecule has 1 aliphatic carbocycles. The maximum Gasteiger partial charge on any atom is 0.0930 e. The smallest absolute Gasteiger partial charge is 0.0930 e. The number of hydrogen-bond donors (Lipinski definition) is 0. The number of halogens is 1. The van der Waals surface area contributed by atoms with Crippen LogP contribution in [0.5, 0.6) is 0 Å². The van der Waals surface area contributed by atoms with Gasteiger partial charge < -0.3 is 0 Å². The van der Waals surface area contributed by atoms with Gasteiger partial charge in [0.2, 0.25) is 0 Å². The summed E-state index contributed by atoms with van der Waals surface area (Å²) in [4.78, 5) is 2.90. The molecule has 0 saturated carbocycles. The number of alkyl halides is 1. The number of benzene rings is 1. The Hall–Kier alpha value is -0.790. The van der Waals surface area contributed by atoms with Crippen molar-refractivity contribution in [3.8, 4) is 0 Å². The van der Waals surface area contributed by atoms with Crippen molar-refractivity contribution in [2.24, 2.45) is 0 Å². The van der Waals surface area contributed by atoms with E-state index in [0.717, 1.165) is 0 Å². The number of rotatable bonds is 2. The van der Waals surface area contributed by atoms with E-state index in [1.807, 2.05) is 11.3 Å². The van der Waals surface area contributed by atoms with Gasteiger partial charge in [-0.3, -0.25) is 0 Å². The van der Waals surface area contributed by atoms with Gasteiger partial charge in [0, 0.05) is 9.75 Å². The lowest BCUT2D eigenvalue weighted by Gasteiger charge is -2.12. The molecule has 3 rings (SSSR count). The molecule has 106 valence electrons. The highest BCUT2D eigenvalue weighted by Gasteiger charge is 2.19. The van der Waals surface area contributed by atoms with E-state index >= 15 is 0 Å². The van der Waals surface area contributed by atoms with E-state index in [9.17, 15) is 0 Å². The second kappa shape index (κ2) is 5.91. The Labute approximate surface area is 130 Å². The number of fused-ring (bicyclic) bond motifs is 1. The molecule has 20 heavy (non-hydrogen) atoms. The summed E-state index contributed by atoms with van der Waals surface area (Å²) in [7, 11) is 0. The third-order valence-corrected chi connectivity index (χ3v) is 6.12. The highest BCUT2D eigenvalue weighted by molar-refractivity contribution is 7.12. The van der Waals surface area contributed by atoms with Gasteiger partial charge >= 0.3 is 0 Å². The van der Waals surface area contributed by atoms with Crippen LogP contribution in [0.4, 0.5) is 0 Å². The zero-order valence-corrected chi connectivity index (χ0v) is 13.8. The fourth-order valence-electron chi connectivity index (χ4n) is 3.00. The normalized spacial score (nSPS) is 16.6. The van der Waals surface area contributed by atoms with Crippen LogP contribution in [0.15, 0.2) is 24.3 Å². The van der Waals surface area contributed by atoms with E-state index in [1.54, 1.807) is 10.4 Å². The average Bonchev–Trinajstić information content (AvgIpc) is 2.72. The van der Waals surface area contributed by atoms with Crippen LogP contribution in [0, 0.1) is 13.8 Å². The van der Waals surface area contributed by atoms with Crippen molar-refractivity contribution in [2.45, 2.75) is 51.3 Å². The third kappa shape index (κ3) is 2.80. The Morgan fingerprint density at radius 1 is 1.05 bits per heavy atom. The zero-order valence-electron chi connectivity index (χ0n) is 12.2. The first-order chi connectivity index (χ1) is 9.65. The van der Waals surface area contributed by atoms with Crippen molar-refractivity contribution in [1.29, 1.82) is 0 Å². The molecule has 1 atom stereocenters. The van der Waals surface area contributed by atoms with Gasteiger partial charge in [0.1, 0.15) is 0 Å². The minimum atomic E-state index is 0.00632. The molecule has 0 saturated heterocycles. The van der Waals surface area contributed by atoms with Gasteiger partial charge in [0.15, 0.2) is 0 Å². The molecule has 0 nitrogen and oxygen atoms in total. The summed E-state index contributed by atoms with van der Waals surface area (Å²) in [5.74, 6) is 0. The Balaban J connectivity index is 1.94. The van der Waals surface area contributed by atoms with Crippen LogP contribution in [0.2, 0.25) is 0 Å². The van der Waals surface area contributed by atoms with E-state index < -0.39 is 0 Å². The van der Waals surface area contributed by atoms with E-state index in [0.29, 0.717) is 0 Å². The van der Waals surface area contributed by atoms with Crippen LogP contribution in [0.1, 0.15) is 56.6 Å². The fraction of sp³-hybridized carbons (Fsp3) is 0.444. The van der Waals surface area contributed by atoms with E-state index in [-0.39, 0.29) is 5.38 Å². The molecule has 0 amide bonds. The highest BCUT2D eigenvalue weighted by Crippen LogP contribution is 2.39. The number of aryl methyl sites for hydroxylation is 4. The fourth-order valence-corrected chi connectivity index (χ4v) is 4.69. The van der Waals surface area contributed by atoms with Crippen LogP contribution in [0.25, 0.3) is 0 Å². The van der Waals surface area contributed by atoms with Gasteiger partial charge in [-0.25, -0.2) is 0 Å². The lowest BCUT2D eigenvalue weighted by atomic mass is 10.0. The minimum Gasteiger partial charge on any atom is -0.143 e. The summed E-state index contributed by atoms with van der Waals surface area (Å²) < 4.78 is 0.